The van der Waals surface area contributed by atoms with Crippen LogP contribution in [0.1, 0.15) is 57.6 Å². The van der Waals surface area contributed by atoms with Gasteiger partial charge in [0, 0.05) is 9.61 Å². The van der Waals surface area contributed by atoms with E-state index in [9.17, 15) is 0 Å². The van der Waals surface area contributed by atoms with Crippen LogP contribution in [0.5, 0.6) is 0 Å². The molecule has 1 fully saturated rings. The first-order valence-electron chi connectivity index (χ1n) is 7.69. The predicted molar refractivity (Wildman–Crippen MR) is 91.3 cm³/mol. The summed E-state index contributed by atoms with van der Waals surface area (Å²) in [6.45, 7) is 5.78. The summed E-state index contributed by atoms with van der Waals surface area (Å²) in [5.74, 6) is 1.75. The van der Waals surface area contributed by atoms with Gasteiger partial charge < -0.3 is 5.32 Å². The van der Waals surface area contributed by atoms with Crippen molar-refractivity contribution >= 4 is 22.6 Å². The SMILES string of the molecule is CCCNC(c1cccc(I)c1)C1CCC(C)CC1. The van der Waals surface area contributed by atoms with Crippen LogP contribution in [-0.2, 0) is 0 Å². The van der Waals surface area contributed by atoms with Gasteiger partial charge in [0.1, 0.15) is 0 Å². The summed E-state index contributed by atoms with van der Waals surface area (Å²) < 4.78 is 1.35. The van der Waals surface area contributed by atoms with Crippen molar-refractivity contribution < 1.29 is 0 Å². The summed E-state index contributed by atoms with van der Waals surface area (Å²) in [7, 11) is 0. The molecule has 0 heterocycles. The Kier molecular flexibility index (Phi) is 6.14. The molecule has 1 saturated carbocycles. The van der Waals surface area contributed by atoms with E-state index in [1.54, 1.807) is 0 Å². The van der Waals surface area contributed by atoms with Crippen LogP contribution in [0.15, 0.2) is 24.3 Å². The molecule has 1 unspecified atom stereocenters. The second-order valence-electron chi connectivity index (χ2n) is 6.01. The van der Waals surface area contributed by atoms with Crippen molar-refractivity contribution in [2.24, 2.45) is 11.8 Å². The van der Waals surface area contributed by atoms with E-state index >= 15 is 0 Å². The Labute approximate surface area is 131 Å². The Morgan fingerprint density at radius 1 is 1.26 bits per heavy atom. The molecule has 1 aliphatic carbocycles. The van der Waals surface area contributed by atoms with Gasteiger partial charge in [-0.3, -0.25) is 0 Å². The third-order valence-corrected chi connectivity index (χ3v) is 5.02. The van der Waals surface area contributed by atoms with Crippen LogP contribution < -0.4 is 5.32 Å². The van der Waals surface area contributed by atoms with E-state index < -0.39 is 0 Å². The number of halogens is 1. The van der Waals surface area contributed by atoms with E-state index in [4.69, 9.17) is 0 Å². The van der Waals surface area contributed by atoms with Crippen molar-refractivity contribution in [2.75, 3.05) is 6.54 Å². The third-order valence-electron chi connectivity index (χ3n) is 4.35. The Morgan fingerprint density at radius 2 is 2.00 bits per heavy atom. The average Bonchev–Trinajstić information content (AvgIpc) is 2.41. The van der Waals surface area contributed by atoms with E-state index in [0.29, 0.717) is 6.04 Å². The van der Waals surface area contributed by atoms with Gasteiger partial charge >= 0.3 is 0 Å². The number of rotatable bonds is 5. The van der Waals surface area contributed by atoms with Crippen LogP contribution in [0, 0.1) is 15.4 Å². The van der Waals surface area contributed by atoms with Crippen LogP contribution in [0.25, 0.3) is 0 Å². The zero-order valence-electron chi connectivity index (χ0n) is 12.2. The fraction of sp³-hybridized carbons (Fsp3) is 0.647. The average molecular weight is 371 g/mol. The highest BCUT2D eigenvalue weighted by Gasteiger charge is 2.26. The molecule has 1 aromatic carbocycles. The minimum atomic E-state index is 0.558. The molecule has 2 heteroatoms. The quantitative estimate of drug-likeness (QED) is 0.705. The van der Waals surface area contributed by atoms with Crippen LogP contribution in [0.2, 0.25) is 0 Å². The molecule has 106 valence electrons. The number of hydrogen-bond donors (Lipinski definition) is 1. The second-order valence-corrected chi connectivity index (χ2v) is 7.25. The minimum absolute atomic E-state index is 0.558. The van der Waals surface area contributed by atoms with Gasteiger partial charge in [-0.15, -0.1) is 0 Å². The van der Waals surface area contributed by atoms with Crippen molar-refractivity contribution in [1.29, 1.82) is 0 Å². The molecule has 2 rings (SSSR count). The molecule has 0 radical (unpaired) electrons. The van der Waals surface area contributed by atoms with Crippen LogP contribution >= 0.6 is 22.6 Å². The predicted octanol–water partition coefficient (Wildman–Crippen LogP) is 5.16. The first-order chi connectivity index (χ1) is 9.20. The molecule has 19 heavy (non-hydrogen) atoms. The summed E-state index contributed by atoms with van der Waals surface area (Å²) in [4.78, 5) is 0. The second kappa shape index (κ2) is 7.63. The highest BCUT2D eigenvalue weighted by molar-refractivity contribution is 14.1. The molecule has 0 amide bonds. The molecular formula is C17H26IN. The van der Waals surface area contributed by atoms with E-state index in [0.717, 1.165) is 18.4 Å². The van der Waals surface area contributed by atoms with Gasteiger partial charge in [0.05, 0.1) is 0 Å². The van der Waals surface area contributed by atoms with E-state index in [2.05, 4.69) is 66.0 Å². The zero-order chi connectivity index (χ0) is 13.7. The van der Waals surface area contributed by atoms with Gasteiger partial charge in [-0.2, -0.15) is 0 Å². The summed E-state index contributed by atoms with van der Waals surface area (Å²) in [5, 5.41) is 3.79. The van der Waals surface area contributed by atoms with Gasteiger partial charge in [0.15, 0.2) is 0 Å². The van der Waals surface area contributed by atoms with Gasteiger partial charge in [-0.1, -0.05) is 38.8 Å². The maximum atomic E-state index is 3.79. The lowest BCUT2D eigenvalue weighted by atomic mass is 9.77. The summed E-state index contributed by atoms with van der Waals surface area (Å²) >= 11 is 2.42. The van der Waals surface area contributed by atoms with Crippen molar-refractivity contribution in [3.8, 4) is 0 Å². The van der Waals surface area contributed by atoms with Gasteiger partial charge in [0.25, 0.3) is 0 Å². The zero-order valence-corrected chi connectivity index (χ0v) is 14.3. The fourth-order valence-electron chi connectivity index (χ4n) is 3.18. The van der Waals surface area contributed by atoms with E-state index in [1.807, 2.05) is 0 Å². The highest BCUT2D eigenvalue weighted by Crippen LogP contribution is 2.37. The number of benzene rings is 1. The molecule has 1 nitrogen and oxygen atoms in total. The Morgan fingerprint density at radius 3 is 2.63 bits per heavy atom. The standard InChI is InChI=1S/C17H26IN/c1-3-11-19-17(14-9-7-13(2)8-10-14)15-5-4-6-16(18)12-15/h4-6,12-14,17,19H,3,7-11H2,1-2H3. The molecule has 1 aliphatic rings. The Hall–Kier alpha value is -0.0900. The number of hydrogen-bond acceptors (Lipinski definition) is 1. The first-order valence-corrected chi connectivity index (χ1v) is 8.77. The molecule has 0 aliphatic heterocycles. The molecule has 0 saturated heterocycles. The molecule has 0 aromatic heterocycles. The smallest absolute Gasteiger partial charge is 0.0349 e. The van der Waals surface area contributed by atoms with Gasteiger partial charge in [-0.25, -0.2) is 0 Å². The highest BCUT2D eigenvalue weighted by atomic mass is 127. The molecular weight excluding hydrogens is 345 g/mol. The minimum Gasteiger partial charge on any atom is -0.310 e. The molecule has 0 bridgehead atoms. The monoisotopic (exact) mass is 371 g/mol. The molecule has 1 aromatic rings. The summed E-state index contributed by atoms with van der Waals surface area (Å²) in [6.07, 6.45) is 6.78. The normalized spacial score (nSPS) is 25.2. The molecule has 0 spiro atoms. The van der Waals surface area contributed by atoms with Crippen LogP contribution in [0.4, 0.5) is 0 Å². The fourth-order valence-corrected chi connectivity index (χ4v) is 3.74. The van der Waals surface area contributed by atoms with Crippen molar-refractivity contribution in [2.45, 2.75) is 52.0 Å². The largest absolute Gasteiger partial charge is 0.310 e. The van der Waals surface area contributed by atoms with Crippen molar-refractivity contribution in [3.63, 3.8) is 0 Å². The third kappa shape index (κ3) is 4.45. The van der Waals surface area contributed by atoms with E-state index in [1.165, 1.54) is 41.2 Å². The lowest BCUT2D eigenvalue weighted by molar-refractivity contribution is 0.231. The summed E-state index contributed by atoms with van der Waals surface area (Å²) in [5.41, 5.74) is 1.49. The van der Waals surface area contributed by atoms with Crippen molar-refractivity contribution in [3.05, 3.63) is 33.4 Å². The molecule has 1 atom stereocenters. The van der Waals surface area contributed by atoms with Gasteiger partial charge in [-0.05, 0) is 77.9 Å². The lowest BCUT2D eigenvalue weighted by Crippen LogP contribution is -2.31. The molecule has 1 N–H and O–H groups in total. The van der Waals surface area contributed by atoms with Crippen LogP contribution in [-0.4, -0.2) is 6.54 Å². The maximum absolute atomic E-state index is 3.79. The first kappa shape index (κ1) is 15.3. The van der Waals surface area contributed by atoms with Crippen LogP contribution in [0.3, 0.4) is 0 Å². The Bertz CT molecular complexity index is 383. The lowest BCUT2D eigenvalue weighted by Gasteiger charge is -2.34. The topological polar surface area (TPSA) is 12.0 Å². The summed E-state index contributed by atoms with van der Waals surface area (Å²) in [6, 6.07) is 9.59. The maximum Gasteiger partial charge on any atom is 0.0349 e. The Balaban J connectivity index is 2.11. The van der Waals surface area contributed by atoms with Crippen molar-refractivity contribution in [1.82, 2.24) is 5.32 Å². The number of nitrogens with one attached hydrogen (secondary N) is 1. The van der Waals surface area contributed by atoms with Gasteiger partial charge in [0.2, 0.25) is 0 Å². The van der Waals surface area contributed by atoms with E-state index in [-0.39, 0.29) is 0 Å².